The van der Waals surface area contributed by atoms with Crippen LogP contribution in [0.4, 0.5) is 8.78 Å². The van der Waals surface area contributed by atoms with Crippen LogP contribution in [0.5, 0.6) is 0 Å². The highest BCUT2D eigenvalue weighted by molar-refractivity contribution is 5.22. The fourth-order valence-corrected chi connectivity index (χ4v) is 1.33. The Morgan fingerprint density at radius 2 is 1.43 bits per heavy atom. The molecule has 2 heteroatoms. The molecule has 0 aliphatic heterocycles. The minimum atomic E-state index is -0.504. The molecule has 0 heterocycles. The summed E-state index contributed by atoms with van der Waals surface area (Å²) in [6.07, 6.45) is 0. The predicted octanol–water partition coefficient (Wildman–Crippen LogP) is 4.11. The maximum Gasteiger partial charge on any atom is 0.126 e. The summed E-state index contributed by atoms with van der Waals surface area (Å²) in [6, 6.07) is 3.71. The Balaban J connectivity index is 3.07. The summed E-state index contributed by atoms with van der Waals surface area (Å²) in [4.78, 5) is 0. The molecule has 0 N–H and O–H groups in total. The zero-order chi connectivity index (χ0) is 10.9. The normalized spacial score (nSPS) is 14.1. The second-order valence-corrected chi connectivity index (χ2v) is 4.79. The first-order chi connectivity index (χ1) is 6.30. The van der Waals surface area contributed by atoms with Gasteiger partial charge in [-0.05, 0) is 29.0 Å². The fraction of sp³-hybridized carbons (Fsp3) is 0.500. The second-order valence-electron chi connectivity index (χ2n) is 4.79. The summed E-state index contributed by atoms with van der Waals surface area (Å²) in [5, 5.41) is 0. The van der Waals surface area contributed by atoms with Crippen LogP contribution >= 0.6 is 0 Å². The van der Waals surface area contributed by atoms with Crippen LogP contribution in [0, 0.1) is 17.0 Å². The third kappa shape index (κ3) is 2.53. The molecule has 1 aromatic rings. The topological polar surface area (TPSA) is 0 Å². The van der Waals surface area contributed by atoms with Gasteiger partial charge in [-0.15, -0.1) is 0 Å². The Bertz CT molecular complexity index is 303. The van der Waals surface area contributed by atoms with Gasteiger partial charge in [-0.1, -0.05) is 27.7 Å². The third-order valence-electron chi connectivity index (χ3n) is 2.68. The second kappa shape index (κ2) is 3.68. The highest BCUT2D eigenvalue weighted by atomic mass is 19.1. The maximum absolute atomic E-state index is 12.9. The van der Waals surface area contributed by atoms with Crippen LogP contribution in [0.1, 0.15) is 39.2 Å². The van der Waals surface area contributed by atoms with Gasteiger partial charge in [0.15, 0.2) is 0 Å². The molecule has 1 atom stereocenters. The Kier molecular flexibility index (Phi) is 2.93. The standard InChI is InChI=1S/C12H16F2/c1-8(12(2,3)4)9-5-10(13)7-11(14)6-9/h5-8H,1-4H3/t8-/m1/s1. The summed E-state index contributed by atoms with van der Waals surface area (Å²) in [7, 11) is 0. The number of halogens is 2. The highest BCUT2D eigenvalue weighted by Crippen LogP contribution is 2.34. The van der Waals surface area contributed by atoms with Crippen molar-refractivity contribution in [1.82, 2.24) is 0 Å². The van der Waals surface area contributed by atoms with Crippen LogP contribution < -0.4 is 0 Å². The van der Waals surface area contributed by atoms with E-state index in [9.17, 15) is 8.78 Å². The molecule has 0 saturated heterocycles. The Hall–Kier alpha value is -0.920. The molecule has 1 rings (SSSR count). The van der Waals surface area contributed by atoms with Crippen LogP contribution in [0.2, 0.25) is 0 Å². The van der Waals surface area contributed by atoms with Gasteiger partial charge in [0.05, 0.1) is 0 Å². The van der Waals surface area contributed by atoms with E-state index >= 15 is 0 Å². The van der Waals surface area contributed by atoms with Crippen molar-refractivity contribution in [3.8, 4) is 0 Å². The lowest BCUT2D eigenvalue weighted by Gasteiger charge is -2.27. The van der Waals surface area contributed by atoms with E-state index in [1.165, 1.54) is 12.1 Å². The quantitative estimate of drug-likeness (QED) is 0.637. The van der Waals surface area contributed by atoms with E-state index in [4.69, 9.17) is 0 Å². The van der Waals surface area contributed by atoms with E-state index < -0.39 is 11.6 Å². The van der Waals surface area contributed by atoms with Crippen molar-refractivity contribution in [3.05, 3.63) is 35.4 Å². The number of rotatable bonds is 1. The molecule has 1 aromatic carbocycles. The smallest absolute Gasteiger partial charge is 0.126 e. The van der Waals surface area contributed by atoms with Crippen LogP contribution in [0.3, 0.4) is 0 Å². The maximum atomic E-state index is 12.9. The number of hydrogen-bond donors (Lipinski definition) is 0. The van der Waals surface area contributed by atoms with Crippen molar-refractivity contribution >= 4 is 0 Å². The van der Waals surface area contributed by atoms with E-state index in [0.29, 0.717) is 0 Å². The molecular weight excluding hydrogens is 182 g/mol. The highest BCUT2D eigenvalue weighted by Gasteiger charge is 2.22. The average molecular weight is 198 g/mol. The first-order valence-corrected chi connectivity index (χ1v) is 4.76. The van der Waals surface area contributed by atoms with Gasteiger partial charge < -0.3 is 0 Å². The van der Waals surface area contributed by atoms with E-state index in [2.05, 4.69) is 20.8 Å². The number of benzene rings is 1. The molecule has 0 fully saturated rings. The van der Waals surface area contributed by atoms with Crippen molar-refractivity contribution in [3.63, 3.8) is 0 Å². The first kappa shape index (κ1) is 11.2. The Morgan fingerprint density at radius 1 is 1.00 bits per heavy atom. The monoisotopic (exact) mass is 198 g/mol. The molecule has 0 bridgehead atoms. The molecule has 0 spiro atoms. The molecular formula is C12H16F2. The molecule has 0 saturated carbocycles. The summed E-state index contributed by atoms with van der Waals surface area (Å²) in [6.45, 7) is 8.15. The van der Waals surface area contributed by atoms with Crippen molar-refractivity contribution in [2.45, 2.75) is 33.6 Å². The minimum absolute atomic E-state index is 0.0141. The van der Waals surface area contributed by atoms with E-state index in [-0.39, 0.29) is 11.3 Å². The molecule has 0 nitrogen and oxygen atoms in total. The zero-order valence-electron chi connectivity index (χ0n) is 9.07. The summed E-state index contributed by atoms with van der Waals surface area (Å²) in [5.41, 5.74) is 0.732. The zero-order valence-corrected chi connectivity index (χ0v) is 9.07. The first-order valence-electron chi connectivity index (χ1n) is 4.76. The fourth-order valence-electron chi connectivity index (χ4n) is 1.33. The Labute approximate surface area is 84.0 Å². The van der Waals surface area contributed by atoms with Crippen LogP contribution in [-0.2, 0) is 0 Å². The van der Waals surface area contributed by atoms with Crippen molar-refractivity contribution in [2.24, 2.45) is 5.41 Å². The van der Waals surface area contributed by atoms with Crippen molar-refractivity contribution in [1.29, 1.82) is 0 Å². The summed E-state index contributed by atoms with van der Waals surface area (Å²) < 4.78 is 25.9. The SMILES string of the molecule is C[C@H](c1cc(F)cc(F)c1)C(C)(C)C. The molecule has 0 radical (unpaired) electrons. The van der Waals surface area contributed by atoms with Gasteiger partial charge >= 0.3 is 0 Å². The van der Waals surface area contributed by atoms with Crippen LogP contribution in [0.25, 0.3) is 0 Å². The lowest BCUT2D eigenvalue weighted by molar-refractivity contribution is 0.338. The van der Waals surface area contributed by atoms with Crippen molar-refractivity contribution in [2.75, 3.05) is 0 Å². The van der Waals surface area contributed by atoms with Gasteiger partial charge in [-0.3, -0.25) is 0 Å². The molecule has 78 valence electrons. The van der Waals surface area contributed by atoms with Gasteiger partial charge in [0.2, 0.25) is 0 Å². The lowest BCUT2D eigenvalue weighted by Crippen LogP contribution is -2.15. The summed E-state index contributed by atoms with van der Waals surface area (Å²) in [5.74, 6) is -0.875. The van der Waals surface area contributed by atoms with Gasteiger partial charge in [-0.2, -0.15) is 0 Å². The van der Waals surface area contributed by atoms with E-state index in [1.54, 1.807) is 0 Å². The van der Waals surface area contributed by atoms with Crippen LogP contribution in [-0.4, -0.2) is 0 Å². The molecule has 0 aromatic heterocycles. The van der Waals surface area contributed by atoms with Gasteiger partial charge in [0, 0.05) is 6.07 Å². The third-order valence-corrected chi connectivity index (χ3v) is 2.68. The Morgan fingerprint density at radius 3 is 1.79 bits per heavy atom. The van der Waals surface area contributed by atoms with Gasteiger partial charge in [-0.25, -0.2) is 8.78 Å². The van der Waals surface area contributed by atoms with Crippen molar-refractivity contribution < 1.29 is 8.78 Å². The number of hydrogen-bond acceptors (Lipinski definition) is 0. The largest absolute Gasteiger partial charge is 0.207 e. The predicted molar refractivity (Wildman–Crippen MR) is 54.2 cm³/mol. The molecule has 0 aliphatic rings. The molecule has 14 heavy (non-hydrogen) atoms. The van der Waals surface area contributed by atoms with Gasteiger partial charge in [0.1, 0.15) is 11.6 Å². The lowest BCUT2D eigenvalue weighted by atomic mass is 9.78. The molecule has 0 amide bonds. The molecule has 0 aliphatic carbocycles. The average Bonchev–Trinajstić information content (AvgIpc) is 1.99. The minimum Gasteiger partial charge on any atom is -0.207 e. The van der Waals surface area contributed by atoms with E-state index in [1.807, 2.05) is 6.92 Å². The molecule has 0 unspecified atom stereocenters. The van der Waals surface area contributed by atoms with Crippen LogP contribution in [0.15, 0.2) is 18.2 Å². The van der Waals surface area contributed by atoms with E-state index in [0.717, 1.165) is 11.6 Å². The van der Waals surface area contributed by atoms with Gasteiger partial charge in [0.25, 0.3) is 0 Å². The summed E-state index contributed by atoms with van der Waals surface area (Å²) >= 11 is 0.